The van der Waals surface area contributed by atoms with Crippen molar-refractivity contribution in [3.8, 4) is 0 Å². The van der Waals surface area contributed by atoms with Crippen LogP contribution < -0.4 is 16.4 Å². The Labute approximate surface area is 127 Å². The van der Waals surface area contributed by atoms with Crippen molar-refractivity contribution >= 4 is 17.1 Å². The van der Waals surface area contributed by atoms with Crippen LogP contribution >= 0.6 is 0 Å². The van der Waals surface area contributed by atoms with Crippen LogP contribution in [0.5, 0.6) is 0 Å². The SMILES string of the molecule is C[N+](C)(C)CC(=O)[O-].Cn1c(=O)c2c(ncn2C)n(C)c1=O. The predicted octanol–water partition coefficient (Wildman–Crippen LogP) is -2.59. The molecule has 122 valence electrons. The lowest BCUT2D eigenvalue weighted by Gasteiger charge is -2.23. The highest BCUT2D eigenvalue weighted by atomic mass is 16.4. The fourth-order valence-corrected chi connectivity index (χ4v) is 1.86. The Morgan fingerprint density at radius 3 is 2.14 bits per heavy atom. The Morgan fingerprint density at radius 1 is 1.18 bits per heavy atom. The number of likely N-dealkylation sites (N-methyl/N-ethyl adjacent to an activating group) is 1. The van der Waals surface area contributed by atoms with Crippen molar-refractivity contribution in [1.29, 1.82) is 0 Å². The summed E-state index contributed by atoms with van der Waals surface area (Å²) in [6, 6.07) is 0. The zero-order valence-electron chi connectivity index (χ0n) is 13.7. The van der Waals surface area contributed by atoms with Gasteiger partial charge < -0.3 is 19.0 Å². The van der Waals surface area contributed by atoms with Crippen molar-refractivity contribution in [2.45, 2.75) is 0 Å². The molecule has 0 unspecified atom stereocenters. The van der Waals surface area contributed by atoms with Crippen LogP contribution in [0.3, 0.4) is 0 Å². The standard InChI is InChI=1S/C8H10N4O2.C5H11NO2/c1-10-4-9-6-5(10)7(13)12(3)8(14)11(6)2;1-6(2,3)4-5(7)8/h4H,1-3H3;4H2,1-3H3. The van der Waals surface area contributed by atoms with Crippen LogP contribution in [0.4, 0.5) is 0 Å². The first-order valence-corrected chi connectivity index (χ1v) is 6.53. The molecule has 0 atom stereocenters. The van der Waals surface area contributed by atoms with Gasteiger partial charge in [-0.25, -0.2) is 9.78 Å². The maximum atomic E-state index is 11.7. The number of imidazole rings is 1. The number of aryl methyl sites for hydroxylation is 2. The first-order valence-electron chi connectivity index (χ1n) is 6.53. The van der Waals surface area contributed by atoms with Gasteiger partial charge in [-0.2, -0.15) is 0 Å². The van der Waals surface area contributed by atoms with Crippen LogP contribution in [0.15, 0.2) is 15.9 Å². The van der Waals surface area contributed by atoms with Gasteiger partial charge in [-0.15, -0.1) is 0 Å². The molecule has 2 aromatic heterocycles. The number of nitrogens with zero attached hydrogens (tertiary/aromatic N) is 5. The molecule has 9 heteroatoms. The number of quaternary nitrogens is 1. The molecule has 0 radical (unpaired) electrons. The van der Waals surface area contributed by atoms with Gasteiger partial charge in [-0.05, 0) is 0 Å². The van der Waals surface area contributed by atoms with E-state index in [1.807, 2.05) is 0 Å². The summed E-state index contributed by atoms with van der Waals surface area (Å²) in [5.41, 5.74) is 0.180. The minimum atomic E-state index is -1.00. The first kappa shape index (κ1) is 17.6. The summed E-state index contributed by atoms with van der Waals surface area (Å²) in [4.78, 5) is 37.0. The average molecular weight is 311 g/mol. The number of carbonyl (C=O) groups is 1. The molecule has 0 saturated heterocycles. The van der Waals surface area contributed by atoms with E-state index in [4.69, 9.17) is 0 Å². The second-order valence-corrected chi connectivity index (χ2v) is 6.05. The van der Waals surface area contributed by atoms with Crippen LogP contribution in [0, 0.1) is 0 Å². The van der Waals surface area contributed by atoms with Crippen LogP contribution in [0.1, 0.15) is 0 Å². The number of hydrogen-bond acceptors (Lipinski definition) is 5. The average Bonchev–Trinajstić information content (AvgIpc) is 2.74. The number of rotatable bonds is 2. The van der Waals surface area contributed by atoms with Gasteiger partial charge in [0.2, 0.25) is 0 Å². The molecule has 2 aromatic rings. The number of carboxylic acids is 1. The molecule has 22 heavy (non-hydrogen) atoms. The lowest BCUT2D eigenvalue weighted by atomic mass is 10.5. The van der Waals surface area contributed by atoms with Gasteiger partial charge >= 0.3 is 5.69 Å². The highest BCUT2D eigenvalue weighted by Gasteiger charge is 2.11. The molecule has 2 rings (SSSR count). The predicted molar refractivity (Wildman–Crippen MR) is 79.1 cm³/mol. The minimum Gasteiger partial charge on any atom is -0.544 e. The number of carbonyl (C=O) groups excluding carboxylic acids is 1. The third-order valence-electron chi connectivity index (χ3n) is 2.92. The largest absolute Gasteiger partial charge is 0.544 e. The summed E-state index contributed by atoms with van der Waals surface area (Å²) in [6.45, 7) is 0.0694. The maximum absolute atomic E-state index is 11.7. The molecule has 0 aliphatic carbocycles. The molecule has 0 aliphatic heterocycles. The second-order valence-electron chi connectivity index (χ2n) is 6.05. The molecule has 0 aliphatic rings. The van der Waals surface area contributed by atoms with Gasteiger partial charge in [-0.1, -0.05) is 0 Å². The van der Waals surface area contributed by atoms with E-state index in [2.05, 4.69) is 4.98 Å². The maximum Gasteiger partial charge on any atom is 0.332 e. The van der Waals surface area contributed by atoms with Crippen LogP contribution in [0.2, 0.25) is 0 Å². The fourth-order valence-electron chi connectivity index (χ4n) is 1.86. The van der Waals surface area contributed by atoms with E-state index in [1.54, 1.807) is 39.8 Å². The summed E-state index contributed by atoms with van der Waals surface area (Å²) in [7, 11) is 10.2. The Morgan fingerprint density at radius 2 is 1.73 bits per heavy atom. The van der Waals surface area contributed by atoms with Gasteiger partial charge in [0, 0.05) is 21.1 Å². The molecular weight excluding hydrogens is 290 g/mol. The molecule has 0 fully saturated rings. The third-order valence-corrected chi connectivity index (χ3v) is 2.92. The van der Waals surface area contributed by atoms with E-state index in [1.165, 1.54) is 17.9 Å². The topological polar surface area (TPSA) is 102 Å². The smallest absolute Gasteiger partial charge is 0.332 e. The molecule has 0 N–H and O–H groups in total. The van der Waals surface area contributed by atoms with E-state index in [0.717, 1.165) is 4.57 Å². The molecule has 0 spiro atoms. The fraction of sp³-hybridized carbons (Fsp3) is 0.538. The Bertz CT molecular complexity index is 807. The lowest BCUT2D eigenvalue weighted by Crippen LogP contribution is -2.45. The first-order chi connectivity index (χ1) is 9.95. The number of carboxylic acid groups (broad SMARTS) is 1. The number of aromatic nitrogens is 4. The Kier molecular flexibility index (Phi) is 4.92. The zero-order valence-corrected chi connectivity index (χ0v) is 13.7. The van der Waals surface area contributed by atoms with Crippen LogP contribution in [0.25, 0.3) is 11.2 Å². The molecular formula is C13H21N5O4. The van der Waals surface area contributed by atoms with Gasteiger partial charge in [0.1, 0.15) is 6.54 Å². The van der Waals surface area contributed by atoms with Crippen molar-refractivity contribution in [3.63, 3.8) is 0 Å². The van der Waals surface area contributed by atoms with Gasteiger partial charge in [0.25, 0.3) is 5.56 Å². The number of fused-ring (bicyclic) bond motifs is 1. The van der Waals surface area contributed by atoms with Crippen molar-refractivity contribution in [2.24, 2.45) is 21.1 Å². The normalized spacial score (nSPS) is 11.2. The monoisotopic (exact) mass is 311 g/mol. The van der Waals surface area contributed by atoms with Gasteiger partial charge in [0.15, 0.2) is 11.2 Å². The van der Waals surface area contributed by atoms with Crippen molar-refractivity contribution in [1.82, 2.24) is 18.7 Å². The van der Waals surface area contributed by atoms with E-state index in [9.17, 15) is 19.5 Å². The highest BCUT2D eigenvalue weighted by molar-refractivity contribution is 5.69. The zero-order chi connectivity index (χ0) is 17.2. The number of hydrogen-bond donors (Lipinski definition) is 0. The van der Waals surface area contributed by atoms with Crippen molar-refractivity contribution < 1.29 is 14.4 Å². The highest BCUT2D eigenvalue weighted by Crippen LogP contribution is 2.01. The quantitative estimate of drug-likeness (QED) is 0.567. The summed E-state index contributed by atoms with van der Waals surface area (Å²) in [5, 5.41) is 9.89. The summed E-state index contributed by atoms with van der Waals surface area (Å²) < 4.78 is 4.46. The Hall–Kier alpha value is -2.42. The summed E-state index contributed by atoms with van der Waals surface area (Å²) >= 11 is 0. The van der Waals surface area contributed by atoms with E-state index < -0.39 is 5.97 Å². The molecule has 2 heterocycles. The second kappa shape index (κ2) is 6.14. The minimum absolute atomic E-state index is 0.0694. The van der Waals surface area contributed by atoms with Crippen LogP contribution in [-0.2, 0) is 25.9 Å². The molecule has 9 nitrogen and oxygen atoms in total. The summed E-state index contributed by atoms with van der Waals surface area (Å²) in [5.74, 6) is -1.00. The van der Waals surface area contributed by atoms with Crippen LogP contribution in [-0.4, -0.2) is 56.8 Å². The summed E-state index contributed by atoms with van der Waals surface area (Å²) in [6.07, 6.45) is 1.52. The third kappa shape index (κ3) is 3.82. The molecule has 0 bridgehead atoms. The molecule has 0 amide bonds. The lowest BCUT2D eigenvalue weighted by molar-refractivity contribution is -0.864. The molecule has 0 saturated carbocycles. The molecule has 0 aromatic carbocycles. The van der Waals surface area contributed by atoms with E-state index in [0.29, 0.717) is 15.6 Å². The van der Waals surface area contributed by atoms with Gasteiger partial charge in [0.05, 0.1) is 33.4 Å². The van der Waals surface area contributed by atoms with Crippen molar-refractivity contribution in [2.75, 3.05) is 27.7 Å². The van der Waals surface area contributed by atoms with E-state index in [-0.39, 0.29) is 17.8 Å². The van der Waals surface area contributed by atoms with Gasteiger partial charge in [-0.3, -0.25) is 13.9 Å². The Balaban J connectivity index is 0.000000261. The van der Waals surface area contributed by atoms with Crippen molar-refractivity contribution in [3.05, 3.63) is 27.2 Å². The number of aliphatic carboxylic acids is 1. The van der Waals surface area contributed by atoms with E-state index >= 15 is 0 Å².